The van der Waals surface area contributed by atoms with E-state index in [2.05, 4.69) is 40.3 Å². The summed E-state index contributed by atoms with van der Waals surface area (Å²) in [5, 5.41) is 12.4. The van der Waals surface area contributed by atoms with Crippen LogP contribution in [0.1, 0.15) is 38.8 Å². The Bertz CT molecular complexity index is 407. The summed E-state index contributed by atoms with van der Waals surface area (Å²) >= 11 is 3.55. The highest BCUT2D eigenvalue weighted by Crippen LogP contribution is 2.23. The molecule has 3 heteroatoms. The molecule has 1 rings (SSSR count). The van der Waals surface area contributed by atoms with E-state index >= 15 is 0 Å². The molecule has 1 aromatic carbocycles. The van der Waals surface area contributed by atoms with Crippen LogP contribution in [0.5, 0.6) is 0 Å². The second-order valence-electron chi connectivity index (χ2n) is 4.94. The van der Waals surface area contributed by atoms with Gasteiger partial charge in [0.15, 0.2) is 0 Å². The lowest BCUT2D eigenvalue weighted by molar-refractivity contribution is 0.416. The van der Waals surface area contributed by atoms with Gasteiger partial charge in [0, 0.05) is 10.5 Å². The molecule has 17 heavy (non-hydrogen) atoms. The first-order valence-corrected chi connectivity index (χ1v) is 6.64. The molecule has 1 atom stereocenters. The molecule has 0 spiro atoms. The highest BCUT2D eigenvalue weighted by atomic mass is 79.9. The van der Waals surface area contributed by atoms with Crippen LogP contribution in [0.4, 0.5) is 0 Å². The fraction of sp³-hybridized carbons (Fsp3) is 0.500. The summed E-state index contributed by atoms with van der Waals surface area (Å²) in [7, 11) is 0. The van der Waals surface area contributed by atoms with E-state index in [1.807, 2.05) is 32.0 Å². The third-order valence-corrected chi connectivity index (χ3v) is 3.60. The lowest BCUT2D eigenvalue weighted by atomic mass is 9.91. The third-order valence-electron chi connectivity index (χ3n) is 2.87. The molecule has 0 bridgehead atoms. The zero-order valence-electron chi connectivity index (χ0n) is 10.6. The van der Waals surface area contributed by atoms with Crippen molar-refractivity contribution in [3.8, 4) is 6.07 Å². The summed E-state index contributed by atoms with van der Waals surface area (Å²) in [4.78, 5) is 0. The molecule has 0 fully saturated rings. The van der Waals surface area contributed by atoms with Crippen LogP contribution in [-0.2, 0) is 0 Å². The van der Waals surface area contributed by atoms with Gasteiger partial charge in [0.05, 0.1) is 11.5 Å². The molecule has 92 valence electrons. The van der Waals surface area contributed by atoms with Crippen LogP contribution in [-0.4, -0.2) is 6.54 Å². The van der Waals surface area contributed by atoms with Gasteiger partial charge in [-0.1, -0.05) is 34.1 Å². The standard InChI is InChI=1S/C14H19BrN2/c1-11(12-6-4-5-7-13(12)15)17-9-8-14(2,3)10-16/h4-7,11,17H,8-9H2,1-3H3/t11-/m0/s1. The van der Waals surface area contributed by atoms with Gasteiger partial charge in [0.25, 0.3) is 0 Å². The molecule has 1 N–H and O–H groups in total. The van der Waals surface area contributed by atoms with Crippen LogP contribution < -0.4 is 5.32 Å². The Kier molecular flexibility index (Phi) is 5.17. The van der Waals surface area contributed by atoms with Crippen molar-refractivity contribution in [2.45, 2.75) is 33.2 Å². The van der Waals surface area contributed by atoms with Crippen LogP contribution in [0.2, 0.25) is 0 Å². The van der Waals surface area contributed by atoms with E-state index in [1.54, 1.807) is 0 Å². The molecule has 0 aliphatic carbocycles. The summed E-state index contributed by atoms with van der Waals surface area (Å²) in [6.45, 7) is 6.93. The minimum absolute atomic E-state index is 0.249. The molecule has 0 heterocycles. The Hall–Kier alpha value is -0.850. The van der Waals surface area contributed by atoms with Crippen molar-refractivity contribution in [1.82, 2.24) is 5.32 Å². The number of nitrogens with zero attached hydrogens (tertiary/aromatic N) is 1. The zero-order chi connectivity index (χ0) is 12.9. The summed E-state index contributed by atoms with van der Waals surface area (Å²) in [5.74, 6) is 0. The normalized spacial score (nSPS) is 13.1. The molecular weight excluding hydrogens is 276 g/mol. The fourth-order valence-corrected chi connectivity index (χ4v) is 2.22. The Morgan fingerprint density at radius 3 is 2.65 bits per heavy atom. The maximum atomic E-state index is 8.94. The molecule has 0 amide bonds. The third kappa shape index (κ3) is 4.49. The second-order valence-corrected chi connectivity index (χ2v) is 5.80. The van der Waals surface area contributed by atoms with Crippen molar-refractivity contribution < 1.29 is 0 Å². The maximum absolute atomic E-state index is 8.94. The minimum atomic E-state index is -0.249. The first kappa shape index (κ1) is 14.2. The van der Waals surface area contributed by atoms with E-state index in [9.17, 15) is 0 Å². The van der Waals surface area contributed by atoms with Gasteiger partial charge in [-0.15, -0.1) is 0 Å². The second kappa shape index (κ2) is 6.18. The maximum Gasteiger partial charge on any atom is 0.0684 e. The SMILES string of the molecule is C[C@H](NCCC(C)(C)C#N)c1ccccc1Br. The first-order chi connectivity index (χ1) is 7.96. The van der Waals surface area contributed by atoms with Gasteiger partial charge in [-0.2, -0.15) is 5.26 Å². The van der Waals surface area contributed by atoms with Crippen LogP contribution in [0.3, 0.4) is 0 Å². The van der Waals surface area contributed by atoms with Crippen molar-refractivity contribution in [2.24, 2.45) is 5.41 Å². The van der Waals surface area contributed by atoms with Crippen LogP contribution in [0.15, 0.2) is 28.7 Å². The van der Waals surface area contributed by atoms with E-state index < -0.39 is 0 Å². The van der Waals surface area contributed by atoms with Gasteiger partial charge in [-0.05, 0) is 45.4 Å². The Morgan fingerprint density at radius 1 is 1.41 bits per heavy atom. The summed E-state index contributed by atoms with van der Waals surface area (Å²) in [6, 6.07) is 10.8. The lowest BCUT2D eigenvalue weighted by Crippen LogP contribution is -2.24. The van der Waals surface area contributed by atoms with Gasteiger partial charge < -0.3 is 5.32 Å². The molecular formula is C14H19BrN2. The summed E-state index contributed by atoms with van der Waals surface area (Å²) in [6.07, 6.45) is 0.859. The molecule has 0 aliphatic heterocycles. The predicted molar refractivity (Wildman–Crippen MR) is 74.6 cm³/mol. The quantitative estimate of drug-likeness (QED) is 0.890. The minimum Gasteiger partial charge on any atom is -0.310 e. The fourth-order valence-electron chi connectivity index (χ4n) is 1.59. The topological polar surface area (TPSA) is 35.8 Å². The molecule has 0 saturated heterocycles. The number of hydrogen-bond acceptors (Lipinski definition) is 2. The van der Waals surface area contributed by atoms with Crippen molar-refractivity contribution in [3.63, 3.8) is 0 Å². The highest BCUT2D eigenvalue weighted by Gasteiger charge is 2.16. The first-order valence-electron chi connectivity index (χ1n) is 5.85. The zero-order valence-corrected chi connectivity index (χ0v) is 12.2. The van der Waals surface area contributed by atoms with Gasteiger partial charge in [-0.25, -0.2) is 0 Å². The van der Waals surface area contributed by atoms with Gasteiger partial charge in [0.2, 0.25) is 0 Å². The van der Waals surface area contributed by atoms with Crippen molar-refractivity contribution in [2.75, 3.05) is 6.54 Å². The van der Waals surface area contributed by atoms with Crippen LogP contribution in [0.25, 0.3) is 0 Å². The molecule has 0 radical (unpaired) electrons. The van der Waals surface area contributed by atoms with Crippen molar-refractivity contribution in [1.29, 1.82) is 5.26 Å². The molecule has 0 saturated carbocycles. The Balaban J connectivity index is 2.49. The molecule has 0 unspecified atom stereocenters. The van der Waals surface area contributed by atoms with Crippen LogP contribution in [0, 0.1) is 16.7 Å². The average molecular weight is 295 g/mol. The Morgan fingerprint density at radius 2 is 2.06 bits per heavy atom. The van der Waals surface area contributed by atoms with Crippen molar-refractivity contribution in [3.05, 3.63) is 34.3 Å². The number of rotatable bonds is 5. The van der Waals surface area contributed by atoms with Crippen molar-refractivity contribution >= 4 is 15.9 Å². The van der Waals surface area contributed by atoms with E-state index in [-0.39, 0.29) is 5.41 Å². The van der Waals surface area contributed by atoms with E-state index in [0.29, 0.717) is 6.04 Å². The van der Waals surface area contributed by atoms with Gasteiger partial charge in [-0.3, -0.25) is 0 Å². The number of nitrogens with one attached hydrogen (secondary N) is 1. The van der Waals surface area contributed by atoms with Crippen LogP contribution >= 0.6 is 15.9 Å². The predicted octanol–water partition coefficient (Wildman–Crippen LogP) is 4.04. The summed E-state index contributed by atoms with van der Waals surface area (Å²) < 4.78 is 1.12. The Labute approximate surface area is 112 Å². The number of hydrogen-bond donors (Lipinski definition) is 1. The monoisotopic (exact) mass is 294 g/mol. The summed E-state index contributed by atoms with van der Waals surface area (Å²) in [5.41, 5.74) is 1.00. The molecule has 0 aromatic heterocycles. The van der Waals surface area contributed by atoms with E-state index in [0.717, 1.165) is 17.4 Å². The van der Waals surface area contributed by atoms with Gasteiger partial charge in [0.1, 0.15) is 0 Å². The number of halogens is 1. The number of nitriles is 1. The smallest absolute Gasteiger partial charge is 0.0684 e. The molecule has 2 nitrogen and oxygen atoms in total. The number of benzene rings is 1. The molecule has 1 aromatic rings. The lowest BCUT2D eigenvalue weighted by Gasteiger charge is -2.19. The average Bonchev–Trinajstić information content (AvgIpc) is 2.29. The highest BCUT2D eigenvalue weighted by molar-refractivity contribution is 9.10. The molecule has 0 aliphatic rings. The van der Waals surface area contributed by atoms with E-state index in [4.69, 9.17) is 5.26 Å². The van der Waals surface area contributed by atoms with Gasteiger partial charge >= 0.3 is 0 Å². The largest absolute Gasteiger partial charge is 0.310 e. The van der Waals surface area contributed by atoms with E-state index in [1.165, 1.54) is 5.56 Å².